The molecule has 0 spiro atoms. The van der Waals surface area contributed by atoms with E-state index >= 15 is 0 Å². The van der Waals surface area contributed by atoms with E-state index in [-0.39, 0.29) is 18.4 Å². The van der Waals surface area contributed by atoms with Gasteiger partial charge in [0.15, 0.2) is 0 Å². The highest BCUT2D eigenvalue weighted by Gasteiger charge is 2.18. The smallest absolute Gasteiger partial charge is 0.240 e. The first-order valence-corrected chi connectivity index (χ1v) is 9.26. The van der Waals surface area contributed by atoms with Crippen molar-refractivity contribution < 1.29 is 9.59 Å². The monoisotopic (exact) mass is 368 g/mol. The van der Waals surface area contributed by atoms with Gasteiger partial charge in [0.05, 0.1) is 12.2 Å². The van der Waals surface area contributed by atoms with Crippen molar-refractivity contribution >= 4 is 23.2 Å². The number of hydrogen-bond acceptors (Lipinski definition) is 4. The summed E-state index contributed by atoms with van der Waals surface area (Å²) in [6.07, 6.45) is 1.68. The molecule has 0 bridgehead atoms. The number of aromatic nitrogens is 1. The Morgan fingerprint density at radius 1 is 1.11 bits per heavy atom. The fraction of sp³-hybridized carbons (Fsp3) is 0.381. The molecule has 0 atom stereocenters. The molecule has 1 aromatic carbocycles. The van der Waals surface area contributed by atoms with E-state index in [9.17, 15) is 9.59 Å². The summed E-state index contributed by atoms with van der Waals surface area (Å²) in [6, 6.07) is 11.5. The summed E-state index contributed by atoms with van der Waals surface area (Å²) in [7, 11) is 0. The summed E-state index contributed by atoms with van der Waals surface area (Å²) >= 11 is 0. The van der Waals surface area contributed by atoms with Crippen molar-refractivity contribution in [2.45, 2.75) is 34.2 Å². The maximum Gasteiger partial charge on any atom is 0.240 e. The van der Waals surface area contributed by atoms with Crippen LogP contribution in [0.1, 0.15) is 32.0 Å². The van der Waals surface area contributed by atoms with Crippen LogP contribution in [0.15, 0.2) is 42.6 Å². The van der Waals surface area contributed by atoms with Crippen molar-refractivity contribution in [1.82, 2.24) is 10.3 Å². The van der Waals surface area contributed by atoms with Crippen LogP contribution < -0.4 is 15.1 Å². The van der Waals surface area contributed by atoms with E-state index in [4.69, 9.17) is 0 Å². The topological polar surface area (TPSA) is 65.5 Å². The third-order valence-corrected chi connectivity index (χ3v) is 4.47. The lowest BCUT2D eigenvalue weighted by molar-refractivity contribution is -0.123. The normalized spacial score (nSPS) is 10.4. The molecule has 6 heteroatoms. The lowest BCUT2D eigenvalue weighted by Crippen LogP contribution is -2.40. The highest BCUT2D eigenvalue weighted by Crippen LogP contribution is 2.26. The average Bonchev–Trinajstić information content (AvgIpc) is 2.66. The molecule has 0 unspecified atom stereocenters. The molecular weight excluding hydrogens is 340 g/mol. The molecule has 1 aromatic heterocycles. The van der Waals surface area contributed by atoms with E-state index in [1.165, 1.54) is 11.8 Å². The second-order valence-electron chi connectivity index (χ2n) is 6.35. The molecule has 2 aromatic rings. The van der Waals surface area contributed by atoms with Gasteiger partial charge in [0.2, 0.25) is 11.8 Å². The lowest BCUT2D eigenvalue weighted by Gasteiger charge is -2.26. The van der Waals surface area contributed by atoms with Crippen molar-refractivity contribution in [3.05, 3.63) is 53.9 Å². The van der Waals surface area contributed by atoms with Gasteiger partial charge in [-0.2, -0.15) is 0 Å². The number of pyridine rings is 1. The van der Waals surface area contributed by atoms with Gasteiger partial charge in [0, 0.05) is 37.6 Å². The Hall–Kier alpha value is -2.89. The summed E-state index contributed by atoms with van der Waals surface area (Å²) in [5.74, 6) is -0.384. The third-order valence-electron chi connectivity index (χ3n) is 4.47. The minimum Gasteiger partial charge on any atom is -0.372 e. The Balaban J connectivity index is 2.10. The number of carbonyl (C=O) groups excluding carboxylic acids is 2. The zero-order valence-corrected chi connectivity index (χ0v) is 16.5. The number of rotatable bonds is 8. The first-order chi connectivity index (χ1) is 13.0. The molecule has 1 N–H and O–H groups in total. The number of carbonyl (C=O) groups is 2. The molecule has 0 fully saturated rings. The molecule has 6 nitrogen and oxygen atoms in total. The van der Waals surface area contributed by atoms with Gasteiger partial charge in [0.1, 0.15) is 6.54 Å². The Kier molecular flexibility index (Phi) is 7.34. The minimum absolute atomic E-state index is 0.0202. The number of nitrogens with one attached hydrogen (secondary N) is 1. The first kappa shape index (κ1) is 20.4. The fourth-order valence-corrected chi connectivity index (χ4v) is 2.99. The fourth-order valence-electron chi connectivity index (χ4n) is 2.99. The van der Waals surface area contributed by atoms with Crippen molar-refractivity contribution in [2.24, 2.45) is 0 Å². The van der Waals surface area contributed by atoms with Gasteiger partial charge in [-0.05, 0) is 56.7 Å². The van der Waals surface area contributed by atoms with E-state index in [0.29, 0.717) is 6.54 Å². The van der Waals surface area contributed by atoms with Crippen LogP contribution in [0, 0.1) is 6.92 Å². The Morgan fingerprint density at radius 2 is 1.85 bits per heavy atom. The standard InChI is InChI=1S/C21H28N4O2/c1-5-24(6-2)19-10-11-20(16(3)13-19)25(17(4)26)15-21(27)23-14-18-9-7-8-12-22-18/h7-13H,5-6,14-15H2,1-4H3,(H,23,27). The summed E-state index contributed by atoms with van der Waals surface area (Å²) in [6.45, 7) is 9.82. The van der Waals surface area contributed by atoms with Crippen molar-refractivity contribution in [3.63, 3.8) is 0 Å². The van der Waals surface area contributed by atoms with Gasteiger partial charge in [0.25, 0.3) is 0 Å². The second-order valence-corrected chi connectivity index (χ2v) is 6.35. The summed E-state index contributed by atoms with van der Waals surface area (Å²) in [5.41, 5.74) is 3.61. The quantitative estimate of drug-likeness (QED) is 0.778. The SMILES string of the molecule is CCN(CC)c1ccc(N(CC(=O)NCc2ccccn2)C(C)=O)c(C)c1. The molecule has 0 aliphatic carbocycles. The Morgan fingerprint density at radius 3 is 2.41 bits per heavy atom. The third kappa shape index (κ3) is 5.54. The zero-order chi connectivity index (χ0) is 19.8. The molecule has 0 radical (unpaired) electrons. The lowest BCUT2D eigenvalue weighted by atomic mass is 10.1. The van der Waals surface area contributed by atoms with Gasteiger partial charge in [-0.25, -0.2) is 0 Å². The average molecular weight is 368 g/mol. The first-order valence-electron chi connectivity index (χ1n) is 9.26. The van der Waals surface area contributed by atoms with Crippen LogP contribution in [0.25, 0.3) is 0 Å². The van der Waals surface area contributed by atoms with E-state index in [1.54, 1.807) is 6.20 Å². The molecular formula is C21H28N4O2. The molecule has 2 rings (SSSR count). The molecule has 27 heavy (non-hydrogen) atoms. The van der Waals surface area contributed by atoms with E-state index < -0.39 is 0 Å². The number of benzene rings is 1. The molecule has 0 saturated carbocycles. The highest BCUT2D eigenvalue weighted by molar-refractivity contribution is 5.98. The maximum absolute atomic E-state index is 12.3. The molecule has 0 saturated heterocycles. The molecule has 144 valence electrons. The van der Waals surface area contributed by atoms with Crippen molar-refractivity contribution in [3.8, 4) is 0 Å². The second kappa shape index (κ2) is 9.71. The van der Waals surface area contributed by atoms with Gasteiger partial charge in [-0.1, -0.05) is 6.07 Å². The van der Waals surface area contributed by atoms with Crippen LogP contribution in [0.2, 0.25) is 0 Å². The zero-order valence-electron chi connectivity index (χ0n) is 16.5. The van der Waals surface area contributed by atoms with Crippen LogP contribution in [0.5, 0.6) is 0 Å². The predicted octanol–water partition coefficient (Wildman–Crippen LogP) is 2.91. The molecule has 0 aliphatic rings. The Labute approximate surface area is 161 Å². The van der Waals surface area contributed by atoms with E-state index in [2.05, 4.69) is 35.1 Å². The van der Waals surface area contributed by atoms with Crippen molar-refractivity contribution in [2.75, 3.05) is 29.4 Å². The number of aryl methyl sites for hydroxylation is 1. The molecule has 0 aliphatic heterocycles. The number of amides is 2. The van der Waals surface area contributed by atoms with Crippen LogP contribution in [-0.2, 0) is 16.1 Å². The van der Waals surface area contributed by atoms with Gasteiger partial charge >= 0.3 is 0 Å². The molecule has 1 heterocycles. The Bertz CT molecular complexity index is 773. The van der Waals surface area contributed by atoms with Crippen LogP contribution in [-0.4, -0.2) is 36.4 Å². The van der Waals surface area contributed by atoms with Crippen LogP contribution in [0.4, 0.5) is 11.4 Å². The van der Waals surface area contributed by atoms with Crippen LogP contribution in [0.3, 0.4) is 0 Å². The predicted molar refractivity (Wildman–Crippen MR) is 109 cm³/mol. The van der Waals surface area contributed by atoms with E-state index in [1.807, 2.05) is 37.3 Å². The van der Waals surface area contributed by atoms with Crippen molar-refractivity contribution in [1.29, 1.82) is 0 Å². The van der Waals surface area contributed by atoms with E-state index in [0.717, 1.165) is 35.7 Å². The highest BCUT2D eigenvalue weighted by atomic mass is 16.2. The maximum atomic E-state index is 12.3. The summed E-state index contributed by atoms with van der Waals surface area (Å²) in [4.78, 5) is 32.4. The number of hydrogen-bond donors (Lipinski definition) is 1. The van der Waals surface area contributed by atoms with Crippen LogP contribution >= 0.6 is 0 Å². The van der Waals surface area contributed by atoms with Gasteiger partial charge < -0.3 is 15.1 Å². The molecule has 2 amide bonds. The summed E-state index contributed by atoms with van der Waals surface area (Å²) in [5, 5.41) is 2.82. The summed E-state index contributed by atoms with van der Waals surface area (Å²) < 4.78 is 0. The number of anilines is 2. The largest absolute Gasteiger partial charge is 0.372 e. The number of nitrogens with zero attached hydrogens (tertiary/aromatic N) is 3. The minimum atomic E-state index is -0.219. The van der Waals surface area contributed by atoms with Gasteiger partial charge in [-0.3, -0.25) is 14.6 Å². The van der Waals surface area contributed by atoms with Gasteiger partial charge in [-0.15, -0.1) is 0 Å².